The molecule has 29 heavy (non-hydrogen) atoms. The molecule has 0 N–H and O–H groups in total. The van der Waals surface area contributed by atoms with Gasteiger partial charge in [0.25, 0.3) is 5.91 Å². The molecule has 2 aromatic rings. The summed E-state index contributed by atoms with van der Waals surface area (Å²) >= 11 is 0. The second-order valence-corrected chi connectivity index (χ2v) is 10.9. The van der Waals surface area contributed by atoms with E-state index in [-0.39, 0.29) is 46.7 Å². The van der Waals surface area contributed by atoms with Gasteiger partial charge in [-0.1, -0.05) is 11.2 Å². The van der Waals surface area contributed by atoms with Crippen molar-refractivity contribution in [2.45, 2.75) is 30.1 Å². The van der Waals surface area contributed by atoms with Crippen molar-refractivity contribution < 1.29 is 26.2 Å². The lowest BCUT2D eigenvalue weighted by Crippen LogP contribution is -2.37. The number of nitrogens with zero attached hydrogens (tertiary/aromatic N) is 3. The molecule has 3 rings (SSSR count). The molecule has 9 nitrogen and oxygen atoms in total. The molecule has 2 heterocycles. The molecule has 0 atom stereocenters. The van der Waals surface area contributed by atoms with Gasteiger partial charge in [-0.2, -0.15) is 4.31 Å². The van der Waals surface area contributed by atoms with Gasteiger partial charge in [0.05, 0.1) is 4.90 Å². The van der Waals surface area contributed by atoms with Crippen molar-refractivity contribution in [2.24, 2.45) is 0 Å². The van der Waals surface area contributed by atoms with Crippen LogP contribution in [0.25, 0.3) is 0 Å². The first-order valence-electron chi connectivity index (χ1n) is 9.04. The third kappa shape index (κ3) is 4.36. The van der Waals surface area contributed by atoms with Crippen LogP contribution in [0.2, 0.25) is 0 Å². The van der Waals surface area contributed by atoms with Crippen LogP contribution in [0.3, 0.4) is 0 Å². The van der Waals surface area contributed by atoms with Gasteiger partial charge in [-0.05, 0) is 38.5 Å². The molecule has 11 heteroatoms. The first-order valence-corrected chi connectivity index (χ1v) is 12.4. The van der Waals surface area contributed by atoms with E-state index in [1.54, 1.807) is 24.8 Å². The molecule has 1 aliphatic heterocycles. The SMILES string of the molecule is Cc1noc(C)c1S(=O)(=O)N1CCCN(C(=O)c2cccc(S(C)(=O)=O)c2)CC1. The van der Waals surface area contributed by atoms with Crippen molar-refractivity contribution in [1.29, 1.82) is 0 Å². The number of carbonyl (C=O) groups is 1. The van der Waals surface area contributed by atoms with Gasteiger partial charge in [-0.15, -0.1) is 0 Å². The maximum absolute atomic E-state index is 13.0. The Hall–Kier alpha value is -2.24. The van der Waals surface area contributed by atoms with E-state index >= 15 is 0 Å². The van der Waals surface area contributed by atoms with Crippen molar-refractivity contribution in [3.05, 3.63) is 41.3 Å². The van der Waals surface area contributed by atoms with Crippen LogP contribution in [0.4, 0.5) is 0 Å². The van der Waals surface area contributed by atoms with Gasteiger partial charge in [0.1, 0.15) is 10.6 Å². The number of hydrogen-bond acceptors (Lipinski definition) is 7. The lowest BCUT2D eigenvalue weighted by atomic mass is 10.2. The van der Waals surface area contributed by atoms with Crippen LogP contribution in [0.5, 0.6) is 0 Å². The summed E-state index contributed by atoms with van der Waals surface area (Å²) in [6.07, 6.45) is 1.54. The lowest BCUT2D eigenvalue weighted by Gasteiger charge is -2.22. The molecule has 158 valence electrons. The quantitative estimate of drug-likeness (QED) is 0.700. The molecule has 0 spiro atoms. The van der Waals surface area contributed by atoms with E-state index in [0.29, 0.717) is 18.7 Å². The Morgan fingerprint density at radius 3 is 2.41 bits per heavy atom. The summed E-state index contributed by atoms with van der Waals surface area (Å²) in [6.45, 7) is 4.09. The monoisotopic (exact) mass is 441 g/mol. The van der Waals surface area contributed by atoms with Crippen molar-refractivity contribution in [2.75, 3.05) is 32.4 Å². The Morgan fingerprint density at radius 2 is 1.79 bits per heavy atom. The van der Waals surface area contributed by atoms with Crippen LogP contribution in [0.1, 0.15) is 28.2 Å². The second kappa shape index (κ2) is 7.88. The van der Waals surface area contributed by atoms with Crippen LogP contribution in [-0.4, -0.2) is 69.5 Å². The number of sulfonamides is 1. The fourth-order valence-electron chi connectivity index (χ4n) is 3.35. The van der Waals surface area contributed by atoms with Crippen LogP contribution in [0, 0.1) is 13.8 Å². The third-order valence-corrected chi connectivity index (χ3v) is 8.07. The second-order valence-electron chi connectivity index (χ2n) is 7.00. The largest absolute Gasteiger partial charge is 0.360 e. The fourth-order valence-corrected chi connectivity index (χ4v) is 5.78. The average Bonchev–Trinajstić information content (AvgIpc) is 2.85. The topological polar surface area (TPSA) is 118 Å². The highest BCUT2D eigenvalue weighted by molar-refractivity contribution is 7.90. The van der Waals surface area contributed by atoms with Crippen molar-refractivity contribution in [3.8, 4) is 0 Å². The van der Waals surface area contributed by atoms with Gasteiger partial charge < -0.3 is 9.42 Å². The Kier molecular flexibility index (Phi) is 5.84. The molecule has 1 aromatic heterocycles. The molecule has 1 fully saturated rings. The minimum absolute atomic E-state index is 0.0677. The van der Waals surface area contributed by atoms with Gasteiger partial charge in [0.2, 0.25) is 10.0 Å². The molecular formula is C18H23N3O6S2. The van der Waals surface area contributed by atoms with E-state index in [1.807, 2.05) is 0 Å². The third-order valence-electron chi connectivity index (χ3n) is 4.82. The molecule has 0 bridgehead atoms. The van der Waals surface area contributed by atoms with Crippen LogP contribution < -0.4 is 0 Å². The van der Waals surface area contributed by atoms with E-state index in [1.165, 1.54) is 22.5 Å². The molecule has 1 amide bonds. The Labute approximate surface area is 170 Å². The highest BCUT2D eigenvalue weighted by Gasteiger charge is 2.33. The van der Waals surface area contributed by atoms with Crippen LogP contribution in [-0.2, 0) is 19.9 Å². The van der Waals surface area contributed by atoms with E-state index in [4.69, 9.17) is 4.52 Å². The maximum Gasteiger partial charge on any atom is 0.253 e. The van der Waals surface area contributed by atoms with Gasteiger partial charge in [0.15, 0.2) is 15.6 Å². The highest BCUT2D eigenvalue weighted by Crippen LogP contribution is 2.24. The summed E-state index contributed by atoms with van der Waals surface area (Å²) in [5.74, 6) is -0.0932. The molecule has 1 saturated heterocycles. The average molecular weight is 442 g/mol. The Bertz CT molecular complexity index is 1120. The molecule has 1 aliphatic rings. The number of aryl methyl sites for hydroxylation is 2. The van der Waals surface area contributed by atoms with Gasteiger partial charge in [0, 0.05) is 38.0 Å². The summed E-state index contributed by atoms with van der Waals surface area (Å²) in [5.41, 5.74) is 0.562. The minimum Gasteiger partial charge on any atom is -0.360 e. The number of rotatable bonds is 4. The van der Waals surface area contributed by atoms with Crippen LogP contribution >= 0.6 is 0 Å². The van der Waals surface area contributed by atoms with E-state index in [9.17, 15) is 21.6 Å². The summed E-state index contributed by atoms with van der Waals surface area (Å²) in [4.78, 5) is 14.5. The summed E-state index contributed by atoms with van der Waals surface area (Å²) in [7, 11) is -7.21. The zero-order chi connectivity index (χ0) is 21.4. The molecule has 0 unspecified atom stereocenters. The highest BCUT2D eigenvalue weighted by atomic mass is 32.2. The molecule has 0 saturated carbocycles. The van der Waals surface area contributed by atoms with Crippen molar-refractivity contribution in [3.63, 3.8) is 0 Å². The van der Waals surface area contributed by atoms with Gasteiger partial charge in [-0.25, -0.2) is 16.8 Å². The van der Waals surface area contributed by atoms with E-state index in [0.717, 1.165) is 6.26 Å². The van der Waals surface area contributed by atoms with Crippen LogP contribution in [0.15, 0.2) is 38.6 Å². The fraction of sp³-hybridized carbons (Fsp3) is 0.444. The van der Waals surface area contributed by atoms with Crippen molar-refractivity contribution in [1.82, 2.24) is 14.4 Å². The number of benzene rings is 1. The number of aromatic nitrogens is 1. The van der Waals surface area contributed by atoms with E-state index in [2.05, 4.69) is 5.16 Å². The minimum atomic E-state index is -3.78. The summed E-state index contributed by atoms with van der Waals surface area (Å²) in [5, 5.41) is 3.72. The Balaban J connectivity index is 1.79. The first-order chi connectivity index (χ1) is 13.5. The summed E-state index contributed by atoms with van der Waals surface area (Å²) in [6, 6.07) is 5.86. The molecule has 0 radical (unpaired) electrons. The van der Waals surface area contributed by atoms with Gasteiger partial charge in [-0.3, -0.25) is 4.79 Å². The predicted octanol–water partition coefficient (Wildman–Crippen LogP) is 1.23. The number of sulfone groups is 1. The first kappa shape index (κ1) is 21.5. The molecule has 1 aromatic carbocycles. The molecule has 0 aliphatic carbocycles. The smallest absolute Gasteiger partial charge is 0.253 e. The zero-order valence-corrected chi connectivity index (χ0v) is 18.1. The lowest BCUT2D eigenvalue weighted by molar-refractivity contribution is 0.0764. The zero-order valence-electron chi connectivity index (χ0n) is 16.5. The predicted molar refractivity (Wildman–Crippen MR) is 105 cm³/mol. The van der Waals surface area contributed by atoms with Crippen molar-refractivity contribution >= 4 is 25.8 Å². The normalized spacial score (nSPS) is 16.6. The Morgan fingerprint density at radius 1 is 1.07 bits per heavy atom. The number of carbonyl (C=O) groups excluding carboxylic acids is 1. The summed E-state index contributed by atoms with van der Waals surface area (Å²) < 4.78 is 55.8. The number of amides is 1. The standard InChI is InChI=1S/C18H23N3O6S2/c1-13-17(14(2)27-19-13)29(25,26)21-9-5-8-20(10-11-21)18(22)15-6-4-7-16(12-15)28(3,23)24/h4,6-7,12H,5,8-11H2,1-3H3. The van der Waals surface area contributed by atoms with E-state index < -0.39 is 19.9 Å². The number of hydrogen-bond donors (Lipinski definition) is 0. The van der Waals surface area contributed by atoms with Gasteiger partial charge >= 0.3 is 0 Å². The molecular weight excluding hydrogens is 418 g/mol. The maximum atomic E-state index is 13.0.